The number of benzene rings is 1. The highest BCUT2D eigenvalue weighted by Gasteiger charge is 2.39. The monoisotopic (exact) mass is 364 g/mol. The molecule has 1 unspecified atom stereocenters. The highest BCUT2D eigenvalue weighted by atomic mass is 19.1. The minimum atomic E-state index is -1.64. The standard InChI is InChI=1S/C19H25FN2O4/c1-12(2)17(24)22-10-8-13(9-11-22)16(23)21-19(3,18(25)26)14-4-6-15(20)7-5-14/h4-7,12-13H,8-11H2,1-3H3,(H,21,23)(H,25,26). The first-order valence-electron chi connectivity index (χ1n) is 8.75. The van der Waals surface area contributed by atoms with Crippen LogP contribution in [0.15, 0.2) is 24.3 Å². The van der Waals surface area contributed by atoms with E-state index in [2.05, 4.69) is 5.32 Å². The van der Waals surface area contributed by atoms with Crippen LogP contribution in [0.3, 0.4) is 0 Å². The average molecular weight is 364 g/mol. The number of carbonyl (C=O) groups is 3. The molecule has 0 bridgehead atoms. The second-order valence-corrected chi connectivity index (χ2v) is 7.18. The van der Waals surface area contributed by atoms with E-state index in [4.69, 9.17) is 0 Å². The highest BCUT2D eigenvalue weighted by Crippen LogP contribution is 2.25. The maximum atomic E-state index is 13.1. The van der Waals surface area contributed by atoms with E-state index < -0.39 is 17.3 Å². The summed E-state index contributed by atoms with van der Waals surface area (Å²) in [5.74, 6) is -2.44. The molecule has 1 saturated heterocycles. The SMILES string of the molecule is CC(C)C(=O)N1CCC(C(=O)NC(C)(C(=O)O)c2ccc(F)cc2)CC1. The van der Waals surface area contributed by atoms with Crippen molar-refractivity contribution in [3.8, 4) is 0 Å². The number of aliphatic carboxylic acids is 1. The second kappa shape index (κ2) is 7.85. The van der Waals surface area contributed by atoms with Crippen molar-refractivity contribution in [2.75, 3.05) is 13.1 Å². The molecule has 142 valence electrons. The summed E-state index contributed by atoms with van der Waals surface area (Å²) in [6, 6.07) is 5.04. The molecule has 1 aromatic carbocycles. The fourth-order valence-electron chi connectivity index (χ4n) is 3.11. The van der Waals surface area contributed by atoms with Gasteiger partial charge in [-0.25, -0.2) is 9.18 Å². The van der Waals surface area contributed by atoms with Crippen molar-refractivity contribution >= 4 is 17.8 Å². The second-order valence-electron chi connectivity index (χ2n) is 7.18. The van der Waals surface area contributed by atoms with Crippen LogP contribution in [0.2, 0.25) is 0 Å². The molecule has 2 N–H and O–H groups in total. The topological polar surface area (TPSA) is 86.7 Å². The van der Waals surface area contributed by atoms with Crippen LogP contribution in [0.4, 0.5) is 4.39 Å². The van der Waals surface area contributed by atoms with Gasteiger partial charge in [0.15, 0.2) is 5.54 Å². The largest absolute Gasteiger partial charge is 0.479 e. The van der Waals surface area contributed by atoms with E-state index in [-0.39, 0.29) is 23.7 Å². The molecule has 1 heterocycles. The molecule has 2 amide bonds. The molecule has 0 saturated carbocycles. The van der Waals surface area contributed by atoms with Crippen molar-refractivity contribution in [1.82, 2.24) is 10.2 Å². The maximum Gasteiger partial charge on any atom is 0.333 e. The maximum absolute atomic E-state index is 13.1. The van der Waals surface area contributed by atoms with Crippen molar-refractivity contribution in [1.29, 1.82) is 0 Å². The van der Waals surface area contributed by atoms with Gasteiger partial charge >= 0.3 is 5.97 Å². The summed E-state index contributed by atoms with van der Waals surface area (Å²) in [7, 11) is 0. The van der Waals surface area contributed by atoms with Gasteiger partial charge in [-0.2, -0.15) is 0 Å². The number of hydrogen-bond donors (Lipinski definition) is 2. The molecule has 1 aromatic rings. The van der Waals surface area contributed by atoms with Gasteiger partial charge in [-0.05, 0) is 37.5 Å². The molecular formula is C19H25FN2O4. The summed E-state index contributed by atoms with van der Waals surface area (Å²) in [4.78, 5) is 38.2. The number of carboxylic acid groups (broad SMARTS) is 1. The van der Waals surface area contributed by atoms with E-state index in [9.17, 15) is 23.9 Å². The zero-order chi connectivity index (χ0) is 19.5. The first kappa shape index (κ1) is 19.9. The van der Waals surface area contributed by atoms with Crippen molar-refractivity contribution in [3.05, 3.63) is 35.6 Å². The molecule has 6 nitrogen and oxygen atoms in total. The summed E-state index contributed by atoms with van der Waals surface area (Å²) >= 11 is 0. The van der Waals surface area contributed by atoms with Gasteiger partial charge in [-0.15, -0.1) is 0 Å². The lowest BCUT2D eigenvalue weighted by Gasteiger charge is -2.34. The summed E-state index contributed by atoms with van der Waals surface area (Å²) in [5, 5.41) is 12.2. The van der Waals surface area contributed by atoms with E-state index in [1.54, 1.807) is 4.90 Å². The number of amides is 2. The minimum absolute atomic E-state index is 0.0607. The van der Waals surface area contributed by atoms with Gasteiger partial charge in [0.2, 0.25) is 11.8 Å². The summed E-state index contributed by atoms with van der Waals surface area (Å²) < 4.78 is 13.1. The Labute approximate surface area is 152 Å². The van der Waals surface area contributed by atoms with Crippen LogP contribution in [0, 0.1) is 17.7 Å². The van der Waals surface area contributed by atoms with Gasteiger partial charge in [-0.1, -0.05) is 26.0 Å². The molecular weight excluding hydrogens is 339 g/mol. The Kier molecular flexibility index (Phi) is 6.00. The minimum Gasteiger partial charge on any atom is -0.479 e. The number of carboxylic acids is 1. The van der Waals surface area contributed by atoms with Crippen LogP contribution in [0.1, 0.15) is 39.2 Å². The van der Waals surface area contributed by atoms with Crippen molar-refractivity contribution in [3.63, 3.8) is 0 Å². The van der Waals surface area contributed by atoms with Gasteiger partial charge < -0.3 is 15.3 Å². The molecule has 26 heavy (non-hydrogen) atoms. The Hall–Kier alpha value is -2.44. The van der Waals surface area contributed by atoms with Crippen LogP contribution in [0.5, 0.6) is 0 Å². The fourth-order valence-corrected chi connectivity index (χ4v) is 3.11. The predicted octanol–water partition coefficient (Wildman–Crippen LogP) is 2.14. The number of hydrogen-bond acceptors (Lipinski definition) is 3. The van der Waals surface area contributed by atoms with Crippen molar-refractivity contribution < 1.29 is 23.9 Å². The Bertz CT molecular complexity index is 681. The van der Waals surface area contributed by atoms with E-state index >= 15 is 0 Å². The van der Waals surface area contributed by atoms with Gasteiger partial charge in [0.1, 0.15) is 5.82 Å². The molecule has 0 radical (unpaired) electrons. The number of nitrogens with one attached hydrogen (secondary N) is 1. The lowest BCUT2D eigenvalue weighted by Crippen LogP contribution is -2.53. The lowest BCUT2D eigenvalue weighted by atomic mass is 9.89. The molecule has 2 rings (SSSR count). The Balaban J connectivity index is 2.06. The predicted molar refractivity (Wildman–Crippen MR) is 93.7 cm³/mol. The third-order valence-corrected chi connectivity index (χ3v) is 4.89. The van der Waals surface area contributed by atoms with Crippen molar-refractivity contribution in [2.45, 2.75) is 39.2 Å². The third kappa shape index (κ3) is 4.20. The number of piperidine rings is 1. The van der Waals surface area contributed by atoms with Crippen LogP contribution in [-0.2, 0) is 19.9 Å². The number of rotatable bonds is 5. The zero-order valence-corrected chi connectivity index (χ0v) is 15.3. The van der Waals surface area contributed by atoms with Gasteiger partial charge in [0.05, 0.1) is 0 Å². The van der Waals surface area contributed by atoms with Crippen LogP contribution in [-0.4, -0.2) is 40.9 Å². The number of halogens is 1. The molecule has 1 atom stereocenters. The molecule has 1 aliphatic rings. The fraction of sp³-hybridized carbons (Fsp3) is 0.526. The normalized spacial score (nSPS) is 17.7. The summed E-state index contributed by atoms with van der Waals surface area (Å²) in [6.45, 7) is 6.02. The Morgan fingerprint density at radius 1 is 1.19 bits per heavy atom. The molecule has 0 spiro atoms. The van der Waals surface area contributed by atoms with E-state index in [1.807, 2.05) is 13.8 Å². The zero-order valence-electron chi connectivity index (χ0n) is 15.3. The summed E-state index contributed by atoms with van der Waals surface area (Å²) in [5.41, 5.74) is -1.34. The molecule has 1 fully saturated rings. The van der Waals surface area contributed by atoms with Crippen LogP contribution < -0.4 is 5.32 Å². The average Bonchev–Trinajstić information content (AvgIpc) is 2.61. The number of likely N-dealkylation sites (tertiary alicyclic amines) is 1. The van der Waals surface area contributed by atoms with E-state index in [0.717, 1.165) is 0 Å². The smallest absolute Gasteiger partial charge is 0.333 e. The van der Waals surface area contributed by atoms with Crippen LogP contribution in [0.25, 0.3) is 0 Å². The van der Waals surface area contributed by atoms with Gasteiger partial charge in [0, 0.05) is 24.9 Å². The van der Waals surface area contributed by atoms with Crippen LogP contribution >= 0.6 is 0 Å². The van der Waals surface area contributed by atoms with Crippen molar-refractivity contribution in [2.24, 2.45) is 11.8 Å². The van der Waals surface area contributed by atoms with Gasteiger partial charge in [-0.3, -0.25) is 9.59 Å². The van der Waals surface area contributed by atoms with E-state index in [0.29, 0.717) is 31.5 Å². The number of carbonyl (C=O) groups excluding carboxylic acids is 2. The first-order chi connectivity index (χ1) is 12.1. The van der Waals surface area contributed by atoms with Gasteiger partial charge in [0.25, 0.3) is 0 Å². The molecule has 0 aliphatic carbocycles. The Morgan fingerprint density at radius 3 is 2.19 bits per heavy atom. The van der Waals surface area contributed by atoms with E-state index in [1.165, 1.54) is 31.2 Å². The quantitative estimate of drug-likeness (QED) is 0.838. The third-order valence-electron chi connectivity index (χ3n) is 4.89. The highest BCUT2D eigenvalue weighted by molar-refractivity contribution is 5.89. The number of nitrogens with zero attached hydrogens (tertiary/aromatic N) is 1. The Morgan fingerprint density at radius 2 is 1.73 bits per heavy atom. The molecule has 0 aromatic heterocycles. The molecule has 1 aliphatic heterocycles. The summed E-state index contributed by atoms with van der Waals surface area (Å²) in [6.07, 6.45) is 0.979. The lowest BCUT2D eigenvalue weighted by molar-refractivity contribution is -0.148. The molecule has 7 heteroatoms. The first-order valence-corrected chi connectivity index (χ1v) is 8.75.